The molecule has 0 amide bonds. The summed E-state index contributed by atoms with van der Waals surface area (Å²) in [6.07, 6.45) is 14.2. The highest BCUT2D eigenvalue weighted by molar-refractivity contribution is 6.99. The summed E-state index contributed by atoms with van der Waals surface area (Å²) in [5.74, 6) is 0.764. The van der Waals surface area contributed by atoms with Gasteiger partial charge in [-0.1, -0.05) is 118 Å². The molecule has 0 heterocycles. The molecule has 0 unspecified atom stereocenters. The molecule has 3 atom stereocenters. The van der Waals surface area contributed by atoms with Gasteiger partial charge in [-0.05, 0) is 65.3 Å². The Labute approximate surface area is 202 Å². The van der Waals surface area contributed by atoms with Gasteiger partial charge in [0.15, 0.2) is 0 Å². The Morgan fingerprint density at radius 3 is 2.09 bits per heavy atom. The molecule has 5 rings (SSSR count). The number of allylic oxidation sites excluding steroid dienone is 3. The molecule has 0 aromatic heterocycles. The highest BCUT2D eigenvalue weighted by Crippen LogP contribution is 2.55. The fourth-order valence-electron chi connectivity index (χ4n) is 7.07. The highest BCUT2D eigenvalue weighted by atomic mass is 28.4. The van der Waals surface area contributed by atoms with E-state index in [0.717, 1.165) is 12.3 Å². The molecule has 0 aliphatic heterocycles. The molecule has 3 aliphatic carbocycles. The van der Waals surface area contributed by atoms with E-state index in [4.69, 9.17) is 4.43 Å². The van der Waals surface area contributed by atoms with E-state index in [1.165, 1.54) is 48.9 Å². The zero-order valence-electron chi connectivity index (χ0n) is 20.9. The Balaban J connectivity index is 1.53. The molecule has 33 heavy (non-hydrogen) atoms. The summed E-state index contributed by atoms with van der Waals surface area (Å²) in [6, 6.07) is 22.3. The van der Waals surface area contributed by atoms with Gasteiger partial charge in [0.25, 0.3) is 8.32 Å². The molecular weight excluding hydrogens is 416 g/mol. The van der Waals surface area contributed by atoms with E-state index in [9.17, 15) is 0 Å². The van der Waals surface area contributed by atoms with Crippen molar-refractivity contribution in [2.45, 2.75) is 83.8 Å². The standard InChI is InChI=1S/C31H40OSi/c1-30(2,3)33(27-14-7-5-8-15-27,28-16-9-6-10-17-28)32-26-21-22-31(4)25(23-26)20-19-24-13-11-12-18-29(24)31/h5-10,14-17,19-20,26,29H,11-13,18,21-23H2,1-4H3/t26-,29-,31-/m0/s1. The summed E-state index contributed by atoms with van der Waals surface area (Å²) >= 11 is 0. The first-order valence-electron chi connectivity index (χ1n) is 13.0. The Bertz CT molecular complexity index is 990. The van der Waals surface area contributed by atoms with Crippen molar-refractivity contribution in [2.75, 3.05) is 0 Å². The van der Waals surface area contributed by atoms with E-state index in [0.29, 0.717) is 5.41 Å². The molecule has 2 aromatic rings. The third-order valence-electron chi connectivity index (χ3n) is 8.85. The lowest BCUT2D eigenvalue weighted by Crippen LogP contribution is -2.68. The van der Waals surface area contributed by atoms with Gasteiger partial charge in [-0.2, -0.15) is 0 Å². The highest BCUT2D eigenvalue weighted by Gasteiger charge is 2.53. The summed E-state index contributed by atoms with van der Waals surface area (Å²) in [5, 5.41) is 2.82. The van der Waals surface area contributed by atoms with Gasteiger partial charge in [0.1, 0.15) is 0 Å². The minimum absolute atomic E-state index is 0.0356. The maximum Gasteiger partial charge on any atom is 0.261 e. The van der Waals surface area contributed by atoms with Gasteiger partial charge in [0.2, 0.25) is 0 Å². The van der Waals surface area contributed by atoms with Crippen LogP contribution in [-0.4, -0.2) is 14.4 Å². The molecule has 0 saturated heterocycles. The van der Waals surface area contributed by atoms with Crippen LogP contribution in [0.15, 0.2) is 84.0 Å². The normalized spacial score (nSPS) is 27.8. The maximum absolute atomic E-state index is 7.52. The largest absolute Gasteiger partial charge is 0.404 e. The number of benzene rings is 2. The van der Waals surface area contributed by atoms with E-state index in [1.807, 2.05) is 0 Å². The second kappa shape index (κ2) is 8.71. The van der Waals surface area contributed by atoms with Crippen LogP contribution in [0, 0.1) is 11.3 Å². The van der Waals surface area contributed by atoms with Gasteiger partial charge in [-0.3, -0.25) is 0 Å². The molecule has 1 nitrogen and oxygen atoms in total. The van der Waals surface area contributed by atoms with Gasteiger partial charge >= 0.3 is 0 Å². The zero-order valence-corrected chi connectivity index (χ0v) is 21.9. The fourth-order valence-corrected chi connectivity index (χ4v) is 11.8. The summed E-state index contributed by atoms with van der Waals surface area (Å²) in [7, 11) is -2.49. The molecule has 0 radical (unpaired) electrons. The number of fused-ring (bicyclic) bond motifs is 3. The second-order valence-corrected chi connectivity index (χ2v) is 16.0. The van der Waals surface area contributed by atoms with Gasteiger partial charge < -0.3 is 4.43 Å². The van der Waals surface area contributed by atoms with Crippen molar-refractivity contribution in [1.29, 1.82) is 0 Å². The Kier molecular flexibility index (Phi) is 6.03. The predicted molar refractivity (Wildman–Crippen MR) is 143 cm³/mol. The molecule has 2 heteroatoms. The van der Waals surface area contributed by atoms with Crippen molar-refractivity contribution in [3.63, 3.8) is 0 Å². The summed E-state index contributed by atoms with van der Waals surface area (Å²) in [4.78, 5) is 0. The van der Waals surface area contributed by atoms with E-state index in [2.05, 4.69) is 101 Å². The van der Waals surface area contributed by atoms with Crippen molar-refractivity contribution in [1.82, 2.24) is 0 Å². The van der Waals surface area contributed by atoms with Gasteiger partial charge in [0.05, 0.1) is 0 Å². The quantitative estimate of drug-likeness (QED) is 0.443. The molecular formula is C31H40OSi. The number of hydrogen-bond donors (Lipinski definition) is 0. The Hall–Kier alpha value is -1.90. The average molecular weight is 457 g/mol. The van der Waals surface area contributed by atoms with Crippen molar-refractivity contribution in [3.8, 4) is 0 Å². The van der Waals surface area contributed by atoms with Crippen LogP contribution in [0.2, 0.25) is 5.04 Å². The third kappa shape index (κ3) is 3.90. The topological polar surface area (TPSA) is 9.23 Å². The molecule has 2 aromatic carbocycles. The molecule has 0 bridgehead atoms. The van der Waals surface area contributed by atoms with Crippen LogP contribution in [0.3, 0.4) is 0 Å². The van der Waals surface area contributed by atoms with Crippen LogP contribution in [0.5, 0.6) is 0 Å². The monoisotopic (exact) mass is 456 g/mol. The smallest absolute Gasteiger partial charge is 0.261 e. The van der Waals surface area contributed by atoms with Crippen LogP contribution in [-0.2, 0) is 4.43 Å². The summed E-state index contributed by atoms with van der Waals surface area (Å²) in [6.45, 7) is 9.73. The predicted octanol–water partition coefficient (Wildman–Crippen LogP) is 7.18. The molecule has 174 valence electrons. The van der Waals surface area contributed by atoms with Crippen LogP contribution in [0.25, 0.3) is 0 Å². The lowest BCUT2D eigenvalue weighted by Gasteiger charge is -2.52. The first kappa shape index (κ1) is 22.9. The molecule has 2 fully saturated rings. The zero-order chi connectivity index (χ0) is 23.1. The van der Waals surface area contributed by atoms with E-state index < -0.39 is 8.32 Å². The minimum Gasteiger partial charge on any atom is -0.404 e. The number of rotatable bonds is 4. The molecule has 3 aliphatic rings. The first-order chi connectivity index (χ1) is 15.8. The number of hydrogen-bond acceptors (Lipinski definition) is 1. The molecule has 0 spiro atoms. The molecule has 2 saturated carbocycles. The summed E-state index contributed by atoms with van der Waals surface area (Å²) in [5.41, 5.74) is 3.71. The first-order valence-corrected chi connectivity index (χ1v) is 14.9. The van der Waals surface area contributed by atoms with Crippen LogP contribution < -0.4 is 10.4 Å². The summed E-state index contributed by atoms with van der Waals surface area (Å²) < 4.78 is 7.52. The SMILES string of the molecule is CC(C)(C)[Si](O[C@H]1CC[C@@]2(C)C(=CC=C3CCCC[C@@H]32)C1)(c1ccccc1)c1ccccc1. The van der Waals surface area contributed by atoms with Crippen LogP contribution in [0.1, 0.15) is 72.6 Å². The second-order valence-electron chi connectivity index (χ2n) is 11.8. The lowest BCUT2D eigenvalue weighted by atomic mass is 9.56. The van der Waals surface area contributed by atoms with Gasteiger partial charge in [-0.25, -0.2) is 0 Å². The van der Waals surface area contributed by atoms with E-state index >= 15 is 0 Å². The third-order valence-corrected chi connectivity index (χ3v) is 13.9. The minimum atomic E-state index is -2.49. The lowest BCUT2D eigenvalue weighted by molar-refractivity contribution is 0.0922. The molecule has 0 N–H and O–H groups in total. The van der Waals surface area contributed by atoms with E-state index in [1.54, 1.807) is 11.1 Å². The van der Waals surface area contributed by atoms with Crippen LogP contribution >= 0.6 is 0 Å². The van der Waals surface area contributed by atoms with Crippen LogP contribution in [0.4, 0.5) is 0 Å². The van der Waals surface area contributed by atoms with Gasteiger partial charge in [-0.15, -0.1) is 0 Å². The van der Waals surface area contributed by atoms with Crippen molar-refractivity contribution < 1.29 is 4.43 Å². The van der Waals surface area contributed by atoms with Crippen molar-refractivity contribution in [2.24, 2.45) is 11.3 Å². The Morgan fingerprint density at radius 2 is 1.48 bits per heavy atom. The maximum atomic E-state index is 7.52. The van der Waals surface area contributed by atoms with Crippen molar-refractivity contribution >= 4 is 18.7 Å². The van der Waals surface area contributed by atoms with Crippen molar-refractivity contribution in [3.05, 3.63) is 84.0 Å². The van der Waals surface area contributed by atoms with E-state index in [-0.39, 0.29) is 11.1 Å². The Morgan fingerprint density at radius 1 is 0.848 bits per heavy atom. The van der Waals surface area contributed by atoms with Gasteiger partial charge in [0, 0.05) is 6.10 Å². The fraction of sp³-hybridized carbons (Fsp3) is 0.484. The average Bonchev–Trinajstić information content (AvgIpc) is 2.83.